The molecule has 1 amide bonds. The van der Waals surface area contributed by atoms with E-state index in [1.54, 1.807) is 11.0 Å². The average Bonchev–Trinajstić information content (AvgIpc) is 2.99. The van der Waals surface area contributed by atoms with Gasteiger partial charge in [-0.05, 0) is 6.07 Å². The van der Waals surface area contributed by atoms with Gasteiger partial charge in [0.1, 0.15) is 0 Å². The molecule has 0 unspecified atom stereocenters. The van der Waals surface area contributed by atoms with Gasteiger partial charge >= 0.3 is 0 Å². The summed E-state index contributed by atoms with van der Waals surface area (Å²) in [7, 11) is 0. The third-order valence-corrected chi connectivity index (χ3v) is 4.70. The normalized spacial score (nSPS) is 14.0. The molecule has 1 N–H and O–H groups in total. The Kier molecular flexibility index (Phi) is 3.42. The number of aromatic amines is 1. The van der Waals surface area contributed by atoms with E-state index in [0.717, 1.165) is 17.0 Å². The molecule has 0 spiro atoms. The van der Waals surface area contributed by atoms with Crippen LogP contribution in [0.5, 0.6) is 0 Å². The van der Waals surface area contributed by atoms with Gasteiger partial charge in [0, 0.05) is 36.5 Å². The van der Waals surface area contributed by atoms with Crippen molar-refractivity contribution in [2.75, 3.05) is 6.54 Å². The number of amides is 1. The minimum absolute atomic E-state index is 0.0339. The van der Waals surface area contributed by atoms with Gasteiger partial charge in [0.2, 0.25) is 5.91 Å². The number of carbonyl (C=O) groups is 1. The molecule has 0 saturated carbocycles. The average molecular weight is 343 g/mol. The van der Waals surface area contributed by atoms with E-state index in [1.807, 2.05) is 24.3 Å². The molecule has 0 atom stereocenters. The first-order valence-corrected chi connectivity index (χ1v) is 8.06. The SMILES string of the molecule is CC(=O)N1CCc2nc3cc(-c4ccccc4Cl)[nH]n3c(=O)c2C1. The lowest BCUT2D eigenvalue weighted by Crippen LogP contribution is -2.39. The molecule has 1 aliphatic rings. The Bertz CT molecular complexity index is 1020. The van der Waals surface area contributed by atoms with Gasteiger partial charge in [0.05, 0.1) is 23.5 Å². The molecule has 6 nitrogen and oxygen atoms in total. The van der Waals surface area contributed by atoms with Crippen LogP contribution in [-0.2, 0) is 17.8 Å². The monoisotopic (exact) mass is 342 g/mol. The number of rotatable bonds is 1. The van der Waals surface area contributed by atoms with Gasteiger partial charge in [0.25, 0.3) is 5.56 Å². The summed E-state index contributed by atoms with van der Waals surface area (Å²) in [6.45, 7) is 2.41. The summed E-state index contributed by atoms with van der Waals surface area (Å²) in [4.78, 5) is 30.6. The van der Waals surface area contributed by atoms with E-state index in [9.17, 15) is 9.59 Å². The number of nitrogens with one attached hydrogen (secondary N) is 1. The highest BCUT2D eigenvalue weighted by Gasteiger charge is 2.24. The number of hydrogen-bond donors (Lipinski definition) is 1. The minimum atomic E-state index is -0.167. The van der Waals surface area contributed by atoms with Crippen LogP contribution >= 0.6 is 11.6 Å². The van der Waals surface area contributed by atoms with Crippen LogP contribution in [0.15, 0.2) is 35.1 Å². The maximum atomic E-state index is 12.8. The molecule has 0 bridgehead atoms. The van der Waals surface area contributed by atoms with Crippen LogP contribution in [0.2, 0.25) is 5.02 Å². The number of hydrogen-bond acceptors (Lipinski definition) is 3. The zero-order valence-corrected chi connectivity index (χ0v) is 13.8. The van der Waals surface area contributed by atoms with Crippen LogP contribution in [-0.4, -0.2) is 31.9 Å². The summed E-state index contributed by atoms with van der Waals surface area (Å²) in [6, 6.07) is 9.25. The van der Waals surface area contributed by atoms with Crippen molar-refractivity contribution in [1.82, 2.24) is 19.5 Å². The first-order valence-electron chi connectivity index (χ1n) is 7.68. The smallest absolute Gasteiger partial charge is 0.277 e. The Morgan fingerprint density at radius 3 is 2.88 bits per heavy atom. The zero-order chi connectivity index (χ0) is 16.8. The highest BCUT2D eigenvalue weighted by molar-refractivity contribution is 6.33. The van der Waals surface area contributed by atoms with E-state index in [-0.39, 0.29) is 11.5 Å². The first-order chi connectivity index (χ1) is 11.5. The van der Waals surface area contributed by atoms with Gasteiger partial charge < -0.3 is 4.90 Å². The highest BCUT2D eigenvalue weighted by atomic mass is 35.5. The lowest BCUT2D eigenvalue weighted by molar-refractivity contribution is -0.129. The van der Waals surface area contributed by atoms with Crippen LogP contribution in [0, 0.1) is 0 Å². The van der Waals surface area contributed by atoms with E-state index in [4.69, 9.17) is 11.6 Å². The molecule has 0 aliphatic carbocycles. The fourth-order valence-electron chi connectivity index (χ4n) is 3.07. The molecule has 24 heavy (non-hydrogen) atoms. The number of fused-ring (bicyclic) bond motifs is 2. The number of benzene rings is 1. The molecule has 122 valence electrons. The lowest BCUT2D eigenvalue weighted by Gasteiger charge is -2.26. The molecule has 2 aromatic heterocycles. The molecule has 3 aromatic rings. The van der Waals surface area contributed by atoms with Crippen molar-refractivity contribution in [3.8, 4) is 11.3 Å². The van der Waals surface area contributed by atoms with E-state index < -0.39 is 0 Å². The van der Waals surface area contributed by atoms with E-state index in [2.05, 4.69) is 10.1 Å². The predicted molar refractivity (Wildman–Crippen MR) is 91.1 cm³/mol. The number of H-pyrrole nitrogens is 1. The molecule has 3 heterocycles. The Balaban J connectivity index is 1.87. The van der Waals surface area contributed by atoms with Crippen LogP contribution < -0.4 is 5.56 Å². The standard InChI is InChI=1S/C17H15ClN4O2/c1-10(23)21-7-6-14-12(9-21)17(24)22-16(19-14)8-15(20-22)11-4-2-3-5-13(11)18/h2-5,8,20H,6-7,9H2,1H3. The minimum Gasteiger partial charge on any atom is -0.338 e. The number of halogens is 1. The zero-order valence-electron chi connectivity index (χ0n) is 13.0. The Morgan fingerprint density at radius 2 is 2.12 bits per heavy atom. The quantitative estimate of drug-likeness (QED) is 0.737. The van der Waals surface area contributed by atoms with Crippen LogP contribution in [0.4, 0.5) is 0 Å². The van der Waals surface area contributed by atoms with Gasteiger partial charge in [-0.25, -0.2) is 9.50 Å². The summed E-state index contributed by atoms with van der Waals surface area (Å²) in [5, 5.41) is 3.67. The van der Waals surface area contributed by atoms with Gasteiger partial charge in [-0.15, -0.1) is 0 Å². The third-order valence-electron chi connectivity index (χ3n) is 4.37. The second kappa shape index (κ2) is 5.49. The van der Waals surface area contributed by atoms with Gasteiger partial charge in [-0.2, -0.15) is 0 Å². The second-order valence-electron chi connectivity index (χ2n) is 5.88. The number of nitrogens with zero attached hydrogens (tertiary/aromatic N) is 3. The molecule has 0 fully saturated rings. The molecule has 4 rings (SSSR count). The number of aromatic nitrogens is 3. The molecule has 1 aliphatic heterocycles. The maximum absolute atomic E-state index is 12.8. The largest absolute Gasteiger partial charge is 0.338 e. The van der Waals surface area contributed by atoms with Crippen molar-refractivity contribution >= 4 is 23.2 Å². The Labute approximate surface area is 142 Å². The van der Waals surface area contributed by atoms with Gasteiger partial charge in [-0.3, -0.25) is 14.7 Å². The van der Waals surface area contributed by atoms with E-state index in [1.165, 1.54) is 11.4 Å². The summed E-state index contributed by atoms with van der Waals surface area (Å²) < 4.78 is 1.42. The van der Waals surface area contributed by atoms with E-state index >= 15 is 0 Å². The summed E-state index contributed by atoms with van der Waals surface area (Å²) in [6.07, 6.45) is 0.591. The highest BCUT2D eigenvalue weighted by Crippen LogP contribution is 2.27. The lowest BCUT2D eigenvalue weighted by atomic mass is 10.1. The summed E-state index contributed by atoms with van der Waals surface area (Å²) in [5.41, 5.74) is 3.27. The molecule has 7 heteroatoms. The predicted octanol–water partition coefficient (Wildman–Crippen LogP) is 2.25. The van der Waals surface area contributed by atoms with Crippen molar-refractivity contribution < 1.29 is 4.79 Å². The summed E-state index contributed by atoms with van der Waals surface area (Å²) >= 11 is 6.24. The Morgan fingerprint density at radius 1 is 1.33 bits per heavy atom. The topological polar surface area (TPSA) is 70.5 Å². The molecule has 0 radical (unpaired) electrons. The van der Waals surface area contributed by atoms with Gasteiger partial charge in [-0.1, -0.05) is 29.8 Å². The summed E-state index contributed by atoms with van der Waals surface area (Å²) in [5.74, 6) is -0.0339. The molecular formula is C17H15ClN4O2. The van der Waals surface area contributed by atoms with Crippen molar-refractivity contribution in [3.63, 3.8) is 0 Å². The molecule has 0 saturated heterocycles. The first kappa shape index (κ1) is 15.0. The maximum Gasteiger partial charge on any atom is 0.277 e. The van der Waals surface area contributed by atoms with Crippen molar-refractivity contribution in [3.05, 3.63) is 57.0 Å². The third kappa shape index (κ3) is 2.30. The van der Waals surface area contributed by atoms with E-state index in [0.29, 0.717) is 35.7 Å². The van der Waals surface area contributed by atoms with Crippen LogP contribution in [0.1, 0.15) is 18.2 Å². The van der Waals surface area contributed by atoms with Crippen LogP contribution in [0.25, 0.3) is 16.9 Å². The molecule has 1 aromatic carbocycles. The molecular weight excluding hydrogens is 328 g/mol. The van der Waals surface area contributed by atoms with Gasteiger partial charge in [0.15, 0.2) is 5.65 Å². The Hall–Kier alpha value is -2.60. The number of carbonyl (C=O) groups excluding carboxylic acids is 1. The fourth-order valence-corrected chi connectivity index (χ4v) is 3.31. The fraction of sp³-hybridized carbons (Fsp3) is 0.235. The second-order valence-corrected chi connectivity index (χ2v) is 6.28. The van der Waals surface area contributed by atoms with Crippen molar-refractivity contribution in [1.29, 1.82) is 0 Å². The van der Waals surface area contributed by atoms with Crippen molar-refractivity contribution in [2.24, 2.45) is 0 Å². The van der Waals surface area contributed by atoms with Crippen LogP contribution in [0.3, 0.4) is 0 Å². The van der Waals surface area contributed by atoms with Crippen molar-refractivity contribution in [2.45, 2.75) is 19.9 Å².